The summed E-state index contributed by atoms with van der Waals surface area (Å²) in [6.45, 7) is 0.556. The quantitative estimate of drug-likeness (QED) is 0.557. The Hall–Kier alpha value is -2.22. The molecular weight excluding hydrogens is 278 g/mol. The average Bonchev–Trinajstić information content (AvgIpc) is 2.44. The molecule has 21 heavy (non-hydrogen) atoms. The minimum atomic E-state index is -1.36. The number of nitrogens with one attached hydrogen (secondary N) is 1. The normalized spacial score (nSPS) is 21.8. The maximum absolute atomic E-state index is 11.0. The van der Waals surface area contributed by atoms with E-state index in [0.29, 0.717) is 18.9 Å². The van der Waals surface area contributed by atoms with Crippen molar-refractivity contribution >= 4 is 17.5 Å². The van der Waals surface area contributed by atoms with Crippen molar-refractivity contribution < 1.29 is 19.9 Å². The number of hydrogen-bond acceptors (Lipinski definition) is 6. The van der Waals surface area contributed by atoms with Crippen LogP contribution in [0, 0.1) is 16.0 Å². The SMILES string of the molecule is O=C(O)c1cc(NCC2CCCC(O)C2)ncc1[N+](=O)[O-]. The van der Waals surface area contributed by atoms with E-state index < -0.39 is 16.6 Å². The molecule has 3 N–H and O–H groups in total. The van der Waals surface area contributed by atoms with E-state index in [1.165, 1.54) is 6.07 Å². The molecule has 1 aromatic rings. The molecule has 0 bridgehead atoms. The van der Waals surface area contributed by atoms with Crippen LogP contribution in [0.2, 0.25) is 0 Å². The van der Waals surface area contributed by atoms with Gasteiger partial charge >= 0.3 is 11.7 Å². The Balaban J connectivity index is 2.05. The van der Waals surface area contributed by atoms with E-state index in [9.17, 15) is 20.0 Å². The number of aliphatic hydroxyl groups excluding tert-OH is 1. The fourth-order valence-corrected chi connectivity index (χ4v) is 2.56. The molecule has 0 saturated heterocycles. The van der Waals surface area contributed by atoms with Crippen LogP contribution in [-0.2, 0) is 0 Å². The number of rotatable bonds is 5. The summed E-state index contributed by atoms with van der Waals surface area (Å²) in [6, 6.07) is 1.17. The van der Waals surface area contributed by atoms with Gasteiger partial charge in [0.1, 0.15) is 17.6 Å². The molecule has 1 aromatic heterocycles. The van der Waals surface area contributed by atoms with Crippen molar-refractivity contribution in [3.63, 3.8) is 0 Å². The van der Waals surface area contributed by atoms with Gasteiger partial charge in [-0.15, -0.1) is 0 Å². The zero-order valence-electron chi connectivity index (χ0n) is 11.4. The van der Waals surface area contributed by atoms with Gasteiger partial charge in [0.25, 0.3) is 0 Å². The van der Waals surface area contributed by atoms with Gasteiger partial charge in [-0.3, -0.25) is 10.1 Å². The first kappa shape index (κ1) is 15.2. The van der Waals surface area contributed by atoms with E-state index in [2.05, 4.69) is 10.3 Å². The Morgan fingerprint density at radius 2 is 2.29 bits per heavy atom. The molecule has 0 aromatic carbocycles. The van der Waals surface area contributed by atoms with Crippen molar-refractivity contribution in [2.24, 2.45) is 5.92 Å². The minimum absolute atomic E-state index is 0.287. The van der Waals surface area contributed by atoms with Gasteiger partial charge in [0.05, 0.1) is 11.0 Å². The van der Waals surface area contributed by atoms with Crippen molar-refractivity contribution in [2.45, 2.75) is 31.8 Å². The molecule has 1 heterocycles. The Morgan fingerprint density at radius 3 is 2.90 bits per heavy atom. The fraction of sp³-hybridized carbons (Fsp3) is 0.538. The highest BCUT2D eigenvalue weighted by molar-refractivity contribution is 5.93. The number of aromatic nitrogens is 1. The van der Waals surface area contributed by atoms with Crippen LogP contribution < -0.4 is 5.32 Å². The molecule has 8 nitrogen and oxygen atoms in total. The summed E-state index contributed by atoms with van der Waals surface area (Å²) in [6.07, 6.45) is 4.12. The van der Waals surface area contributed by atoms with Gasteiger partial charge in [-0.2, -0.15) is 0 Å². The number of carboxylic acids is 1. The van der Waals surface area contributed by atoms with Gasteiger partial charge in [0, 0.05) is 12.6 Å². The number of hydrogen-bond donors (Lipinski definition) is 3. The first-order chi connectivity index (χ1) is 9.97. The largest absolute Gasteiger partial charge is 0.477 e. The standard InChI is InChI=1S/C13H17N3O5/c17-9-3-1-2-8(4-9)6-14-12-5-10(13(18)19)11(7-15-12)16(20)21/h5,7-9,17H,1-4,6H2,(H,14,15)(H,18,19). The third kappa shape index (κ3) is 3.88. The topological polar surface area (TPSA) is 126 Å². The van der Waals surface area contributed by atoms with E-state index in [4.69, 9.17) is 5.11 Å². The number of carboxylic acid groups (broad SMARTS) is 1. The van der Waals surface area contributed by atoms with Crippen LogP contribution in [0.1, 0.15) is 36.0 Å². The molecule has 0 aliphatic heterocycles. The Labute approximate surface area is 121 Å². The maximum Gasteiger partial charge on any atom is 0.342 e. The lowest BCUT2D eigenvalue weighted by molar-refractivity contribution is -0.385. The lowest BCUT2D eigenvalue weighted by atomic mass is 9.87. The van der Waals surface area contributed by atoms with Crippen LogP contribution in [0.4, 0.5) is 11.5 Å². The highest BCUT2D eigenvalue weighted by atomic mass is 16.6. The molecule has 1 saturated carbocycles. The molecule has 8 heteroatoms. The van der Waals surface area contributed by atoms with Crippen LogP contribution in [0.5, 0.6) is 0 Å². The first-order valence-electron chi connectivity index (χ1n) is 6.77. The van der Waals surface area contributed by atoms with Crippen molar-refractivity contribution in [3.8, 4) is 0 Å². The molecule has 0 amide bonds. The summed E-state index contributed by atoms with van der Waals surface area (Å²) in [5.41, 5.74) is -0.915. The number of aliphatic hydroxyl groups is 1. The van der Waals surface area contributed by atoms with E-state index in [-0.39, 0.29) is 17.5 Å². The van der Waals surface area contributed by atoms with Gasteiger partial charge in [-0.1, -0.05) is 6.42 Å². The summed E-state index contributed by atoms with van der Waals surface area (Å²) in [7, 11) is 0. The summed E-state index contributed by atoms with van der Waals surface area (Å²) in [5.74, 6) is -0.780. The molecule has 2 atom stereocenters. The van der Waals surface area contributed by atoms with Gasteiger partial charge in [-0.25, -0.2) is 9.78 Å². The molecule has 0 radical (unpaired) electrons. The smallest absolute Gasteiger partial charge is 0.342 e. The monoisotopic (exact) mass is 295 g/mol. The fourth-order valence-electron chi connectivity index (χ4n) is 2.56. The number of aromatic carboxylic acids is 1. The van der Waals surface area contributed by atoms with Crippen molar-refractivity contribution in [1.82, 2.24) is 4.98 Å². The summed E-state index contributed by atoms with van der Waals surface area (Å²) in [4.78, 5) is 24.9. The van der Waals surface area contributed by atoms with E-state index >= 15 is 0 Å². The lowest BCUT2D eigenvalue weighted by Crippen LogP contribution is -2.25. The van der Waals surface area contributed by atoms with Crippen LogP contribution in [-0.4, -0.2) is 38.7 Å². The second-order valence-corrected chi connectivity index (χ2v) is 5.22. The third-order valence-corrected chi connectivity index (χ3v) is 3.64. The number of pyridine rings is 1. The van der Waals surface area contributed by atoms with Crippen LogP contribution in [0.25, 0.3) is 0 Å². The first-order valence-corrected chi connectivity index (χ1v) is 6.77. The van der Waals surface area contributed by atoms with E-state index in [1.54, 1.807) is 0 Å². The van der Waals surface area contributed by atoms with Gasteiger partial charge < -0.3 is 15.5 Å². The zero-order valence-corrected chi connectivity index (χ0v) is 11.4. The molecule has 1 aliphatic carbocycles. The predicted molar refractivity (Wildman–Crippen MR) is 74.3 cm³/mol. The van der Waals surface area contributed by atoms with E-state index in [0.717, 1.165) is 25.5 Å². The maximum atomic E-state index is 11.0. The van der Waals surface area contributed by atoms with E-state index in [1.807, 2.05) is 0 Å². The van der Waals surface area contributed by atoms with Crippen molar-refractivity contribution in [3.05, 3.63) is 27.9 Å². The molecule has 1 aliphatic rings. The zero-order chi connectivity index (χ0) is 15.4. The minimum Gasteiger partial charge on any atom is -0.477 e. The number of nitrogens with zero attached hydrogens (tertiary/aromatic N) is 2. The van der Waals surface area contributed by atoms with Crippen LogP contribution in [0.3, 0.4) is 0 Å². The van der Waals surface area contributed by atoms with Gasteiger partial charge in [0.2, 0.25) is 0 Å². The Kier molecular flexibility index (Phi) is 4.69. The van der Waals surface area contributed by atoms with Gasteiger partial charge in [0.15, 0.2) is 0 Å². The predicted octanol–water partition coefficient (Wildman–Crippen LogP) is 1.65. The molecule has 0 spiro atoms. The van der Waals surface area contributed by atoms with Crippen molar-refractivity contribution in [1.29, 1.82) is 0 Å². The summed E-state index contributed by atoms with van der Waals surface area (Å²) in [5, 5.41) is 32.3. The van der Waals surface area contributed by atoms with Gasteiger partial charge in [-0.05, 0) is 25.2 Å². The summed E-state index contributed by atoms with van der Waals surface area (Å²) >= 11 is 0. The average molecular weight is 295 g/mol. The summed E-state index contributed by atoms with van der Waals surface area (Å²) < 4.78 is 0. The molecule has 2 rings (SSSR count). The Morgan fingerprint density at radius 1 is 1.52 bits per heavy atom. The number of nitro groups is 1. The molecular formula is C13H17N3O5. The lowest BCUT2D eigenvalue weighted by Gasteiger charge is -2.26. The molecule has 2 unspecified atom stereocenters. The number of carbonyl (C=O) groups is 1. The van der Waals surface area contributed by atoms with Crippen molar-refractivity contribution in [2.75, 3.05) is 11.9 Å². The second kappa shape index (κ2) is 6.49. The van der Waals surface area contributed by atoms with Crippen LogP contribution in [0.15, 0.2) is 12.3 Å². The highest BCUT2D eigenvalue weighted by Gasteiger charge is 2.22. The second-order valence-electron chi connectivity index (χ2n) is 5.22. The van der Waals surface area contributed by atoms with Crippen LogP contribution >= 0.6 is 0 Å². The molecule has 114 valence electrons. The number of anilines is 1. The highest BCUT2D eigenvalue weighted by Crippen LogP contribution is 2.25. The Bertz CT molecular complexity index is 549. The molecule has 1 fully saturated rings. The third-order valence-electron chi connectivity index (χ3n) is 3.64.